The molecule has 2 aromatic rings. The van der Waals surface area contributed by atoms with Crippen molar-refractivity contribution in [1.29, 1.82) is 0 Å². The molecular formula is C12H10Br2FN3. The van der Waals surface area contributed by atoms with E-state index in [-0.39, 0.29) is 5.82 Å². The SMILES string of the molecule is CCNc1nc(-c2ccc(Br)c(F)c2)ncc1Br. The fraction of sp³-hybridized carbons (Fsp3) is 0.167. The lowest BCUT2D eigenvalue weighted by Gasteiger charge is -2.07. The Hall–Kier alpha value is -1.01. The summed E-state index contributed by atoms with van der Waals surface area (Å²) in [5.74, 6) is 0.857. The summed E-state index contributed by atoms with van der Waals surface area (Å²) in [7, 11) is 0. The van der Waals surface area contributed by atoms with Crippen LogP contribution in [0.2, 0.25) is 0 Å². The van der Waals surface area contributed by atoms with Crippen molar-refractivity contribution >= 4 is 37.7 Å². The third-order valence-electron chi connectivity index (χ3n) is 2.27. The van der Waals surface area contributed by atoms with Gasteiger partial charge in [0.25, 0.3) is 0 Å². The topological polar surface area (TPSA) is 37.8 Å². The Labute approximate surface area is 121 Å². The summed E-state index contributed by atoms with van der Waals surface area (Å²) in [5.41, 5.74) is 0.641. The first-order valence-electron chi connectivity index (χ1n) is 5.33. The van der Waals surface area contributed by atoms with Crippen LogP contribution in [-0.2, 0) is 0 Å². The second-order valence-electron chi connectivity index (χ2n) is 3.55. The molecular weight excluding hydrogens is 365 g/mol. The van der Waals surface area contributed by atoms with Gasteiger partial charge in [-0.3, -0.25) is 0 Å². The Morgan fingerprint density at radius 1 is 1.28 bits per heavy atom. The molecule has 0 fully saturated rings. The minimum Gasteiger partial charge on any atom is -0.369 e. The second kappa shape index (κ2) is 5.75. The highest BCUT2D eigenvalue weighted by molar-refractivity contribution is 9.10. The number of hydrogen-bond acceptors (Lipinski definition) is 3. The van der Waals surface area contributed by atoms with Crippen molar-refractivity contribution in [2.24, 2.45) is 0 Å². The number of halogens is 3. The molecule has 0 atom stereocenters. The molecule has 0 saturated carbocycles. The minimum absolute atomic E-state index is 0.330. The molecule has 0 aliphatic heterocycles. The minimum atomic E-state index is -0.330. The average molecular weight is 375 g/mol. The van der Waals surface area contributed by atoms with E-state index in [4.69, 9.17) is 0 Å². The van der Waals surface area contributed by atoms with Crippen LogP contribution >= 0.6 is 31.9 Å². The van der Waals surface area contributed by atoms with Crippen molar-refractivity contribution in [3.05, 3.63) is 39.2 Å². The van der Waals surface area contributed by atoms with Gasteiger partial charge in [-0.1, -0.05) is 0 Å². The average Bonchev–Trinajstić information content (AvgIpc) is 2.36. The standard InChI is InChI=1S/C12H10Br2FN3/c1-2-16-12-9(14)6-17-11(18-12)7-3-4-8(13)10(15)5-7/h3-6H,2H2,1H3,(H,16,17,18). The fourth-order valence-electron chi connectivity index (χ4n) is 1.43. The van der Waals surface area contributed by atoms with Crippen molar-refractivity contribution in [2.75, 3.05) is 11.9 Å². The van der Waals surface area contributed by atoms with Crippen molar-refractivity contribution in [3.8, 4) is 11.4 Å². The van der Waals surface area contributed by atoms with E-state index in [2.05, 4.69) is 47.1 Å². The van der Waals surface area contributed by atoms with Gasteiger partial charge >= 0.3 is 0 Å². The van der Waals surface area contributed by atoms with Crippen LogP contribution in [0.4, 0.5) is 10.2 Å². The van der Waals surface area contributed by atoms with E-state index in [9.17, 15) is 4.39 Å². The van der Waals surface area contributed by atoms with E-state index >= 15 is 0 Å². The van der Waals surface area contributed by atoms with E-state index in [0.717, 1.165) is 11.0 Å². The van der Waals surface area contributed by atoms with Gasteiger partial charge in [-0.05, 0) is 57.0 Å². The predicted octanol–water partition coefficient (Wildman–Crippen LogP) is 4.24. The summed E-state index contributed by atoms with van der Waals surface area (Å²) in [4.78, 5) is 8.53. The van der Waals surface area contributed by atoms with Crippen LogP contribution in [0.5, 0.6) is 0 Å². The Kier molecular flexibility index (Phi) is 4.29. The summed E-state index contributed by atoms with van der Waals surface area (Å²) in [6.45, 7) is 2.73. The quantitative estimate of drug-likeness (QED) is 0.873. The second-order valence-corrected chi connectivity index (χ2v) is 5.26. The van der Waals surface area contributed by atoms with Gasteiger partial charge in [0.15, 0.2) is 5.82 Å². The zero-order valence-electron chi connectivity index (χ0n) is 9.54. The lowest BCUT2D eigenvalue weighted by molar-refractivity contribution is 0.621. The summed E-state index contributed by atoms with van der Waals surface area (Å²) in [6, 6.07) is 4.82. The maximum atomic E-state index is 13.5. The van der Waals surface area contributed by atoms with Gasteiger partial charge in [0, 0.05) is 18.3 Å². The number of nitrogens with zero attached hydrogens (tertiary/aromatic N) is 2. The maximum absolute atomic E-state index is 13.5. The van der Waals surface area contributed by atoms with Crippen molar-refractivity contribution in [2.45, 2.75) is 6.92 Å². The normalized spacial score (nSPS) is 10.4. The van der Waals surface area contributed by atoms with E-state index in [0.29, 0.717) is 21.7 Å². The zero-order chi connectivity index (χ0) is 13.1. The molecule has 1 aromatic carbocycles. The van der Waals surface area contributed by atoms with E-state index in [1.165, 1.54) is 6.07 Å². The molecule has 0 spiro atoms. The van der Waals surface area contributed by atoms with Crippen LogP contribution in [0, 0.1) is 5.82 Å². The van der Waals surface area contributed by atoms with Gasteiger partial charge in [0.2, 0.25) is 0 Å². The summed E-state index contributed by atoms with van der Waals surface area (Å²) in [6.07, 6.45) is 1.65. The maximum Gasteiger partial charge on any atom is 0.161 e. The van der Waals surface area contributed by atoms with Gasteiger partial charge in [-0.25, -0.2) is 14.4 Å². The van der Waals surface area contributed by atoms with Gasteiger partial charge in [0.05, 0.1) is 8.95 Å². The lowest BCUT2D eigenvalue weighted by atomic mass is 10.2. The molecule has 18 heavy (non-hydrogen) atoms. The molecule has 1 heterocycles. The third-order valence-corrected chi connectivity index (χ3v) is 3.49. The first-order chi connectivity index (χ1) is 8.61. The van der Waals surface area contributed by atoms with E-state index in [1.807, 2.05) is 6.92 Å². The number of nitrogens with one attached hydrogen (secondary N) is 1. The summed E-state index contributed by atoms with van der Waals surface area (Å²) in [5, 5.41) is 3.11. The first-order valence-corrected chi connectivity index (χ1v) is 6.92. The van der Waals surface area contributed by atoms with E-state index < -0.39 is 0 Å². The first kappa shape index (κ1) is 13.4. The lowest BCUT2D eigenvalue weighted by Crippen LogP contribution is -2.02. The summed E-state index contributed by atoms with van der Waals surface area (Å²) >= 11 is 6.48. The van der Waals surface area contributed by atoms with Crippen LogP contribution in [0.1, 0.15) is 6.92 Å². The molecule has 0 aliphatic carbocycles. The monoisotopic (exact) mass is 373 g/mol. The Morgan fingerprint density at radius 3 is 2.72 bits per heavy atom. The third kappa shape index (κ3) is 2.87. The predicted molar refractivity (Wildman–Crippen MR) is 77.0 cm³/mol. The van der Waals surface area contributed by atoms with Crippen LogP contribution in [0.15, 0.2) is 33.3 Å². The van der Waals surface area contributed by atoms with Gasteiger partial charge in [0.1, 0.15) is 11.6 Å². The Morgan fingerprint density at radius 2 is 2.06 bits per heavy atom. The molecule has 0 unspecified atom stereocenters. The van der Waals surface area contributed by atoms with Crippen LogP contribution in [-0.4, -0.2) is 16.5 Å². The molecule has 0 bridgehead atoms. The van der Waals surface area contributed by atoms with E-state index in [1.54, 1.807) is 18.3 Å². The number of aromatic nitrogens is 2. The molecule has 3 nitrogen and oxygen atoms in total. The molecule has 94 valence electrons. The molecule has 0 amide bonds. The van der Waals surface area contributed by atoms with Crippen LogP contribution in [0.3, 0.4) is 0 Å². The molecule has 0 aliphatic rings. The number of anilines is 1. The summed E-state index contributed by atoms with van der Waals surface area (Å²) < 4.78 is 14.7. The fourth-order valence-corrected chi connectivity index (χ4v) is 2.01. The molecule has 1 aromatic heterocycles. The molecule has 2 rings (SSSR count). The van der Waals surface area contributed by atoms with Gasteiger partial charge in [-0.2, -0.15) is 0 Å². The number of benzene rings is 1. The number of hydrogen-bond donors (Lipinski definition) is 1. The zero-order valence-corrected chi connectivity index (χ0v) is 12.7. The largest absolute Gasteiger partial charge is 0.369 e. The highest BCUT2D eigenvalue weighted by atomic mass is 79.9. The molecule has 1 N–H and O–H groups in total. The molecule has 0 saturated heterocycles. The molecule has 6 heteroatoms. The Balaban J connectivity index is 2.44. The Bertz CT molecular complexity index is 575. The van der Waals surface area contributed by atoms with Gasteiger partial charge in [-0.15, -0.1) is 0 Å². The highest BCUT2D eigenvalue weighted by Crippen LogP contribution is 2.25. The van der Waals surface area contributed by atoms with Crippen LogP contribution < -0.4 is 5.32 Å². The van der Waals surface area contributed by atoms with Crippen molar-refractivity contribution in [3.63, 3.8) is 0 Å². The van der Waals surface area contributed by atoms with Gasteiger partial charge < -0.3 is 5.32 Å². The highest BCUT2D eigenvalue weighted by Gasteiger charge is 2.08. The van der Waals surface area contributed by atoms with Crippen molar-refractivity contribution < 1.29 is 4.39 Å². The molecule has 0 radical (unpaired) electrons. The van der Waals surface area contributed by atoms with Crippen LogP contribution in [0.25, 0.3) is 11.4 Å². The van der Waals surface area contributed by atoms with Crippen molar-refractivity contribution in [1.82, 2.24) is 9.97 Å². The smallest absolute Gasteiger partial charge is 0.161 e. The number of rotatable bonds is 3.